The number of anilines is 1. The molecule has 1 aromatic carbocycles. The van der Waals surface area contributed by atoms with Gasteiger partial charge in [-0.15, -0.1) is 11.3 Å². The quantitative estimate of drug-likeness (QED) is 0.768. The number of hydrogen-bond acceptors (Lipinski definition) is 4. The first-order chi connectivity index (χ1) is 12.5. The van der Waals surface area contributed by atoms with E-state index in [-0.39, 0.29) is 17.8 Å². The Labute approximate surface area is 153 Å². The van der Waals surface area contributed by atoms with Crippen LogP contribution in [0.15, 0.2) is 35.4 Å². The number of thiophene rings is 1. The lowest BCUT2D eigenvalue weighted by Gasteiger charge is -2.17. The lowest BCUT2D eigenvalue weighted by molar-refractivity contribution is -0.116. The zero-order chi connectivity index (χ0) is 18.3. The van der Waals surface area contributed by atoms with Crippen molar-refractivity contribution in [3.8, 4) is 0 Å². The van der Waals surface area contributed by atoms with Gasteiger partial charge in [-0.3, -0.25) is 14.2 Å². The Morgan fingerprint density at radius 2 is 2.23 bits per heavy atom. The van der Waals surface area contributed by atoms with Crippen LogP contribution in [0, 0.1) is 11.7 Å². The smallest absolute Gasteiger partial charge is 0.262 e. The number of nitrogens with zero attached hydrogens (tertiary/aromatic N) is 2. The third-order valence-electron chi connectivity index (χ3n) is 4.74. The molecule has 0 saturated carbocycles. The van der Waals surface area contributed by atoms with Crippen LogP contribution in [0.1, 0.15) is 23.8 Å². The van der Waals surface area contributed by atoms with E-state index in [4.69, 9.17) is 0 Å². The fourth-order valence-corrected chi connectivity index (χ4v) is 4.73. The summed E-state index contributed by atoms with van der Waals surface area (Å²) in [7, 11) is 0. The molecule has 1 aliphatic rings. The summed E-state index contributed by atoms with van der Waals surface area (Å²) in [5.74, 6) is -0.358. The molecule has 3 aromatic rings. The van der Waals surface area contributed by atoms with E-state index in [1.165, 1.54) is 27.9 Å². The molecule has 1 unspecified atom stereocenters. The molecule has 2 heterocycles. The average molecular weight is 371 g/mol. The fraction of sp³-hybridized carbons (Fsp3) is 0.316. The highest BCUT2D eigenvalue weighted by atomic mass is 32.1. The number of nitrogens with one attached hydrogen (secondary N) is 1. The second kappa shape index (κ2) is 6.64. The number of rotatable bonds is 3. The normalized spacial score (nSPS) is 16.5. The maximum Gasteiger partial charge on any atom is 0.262 e. The Kier molecular flexibility index (Phi) is 4.32. The molecule has 0 spiro atoms. The number of halogens is 1. The van der Waals surface area contributed by atoms with E-state index in [0.29, 0.717) is 11.3 Å². The minimum atomic E-state index is -0.511. The maximum absolute atomic E-state index is 13.7. The molecule has 7 heteroatoms. The number of carbonyl (C=O) groups is 1. The zero-order valence-electron chi connectivity index (χ0n) is 14.3. The lowest BCUT2D eigenvalue weighted by atomic mass is 9.89. The number of aryl methyl sites for hydroxylation is 1. The van der Waals surface area contributed by atoms with Crippen LogP contribution in [0.2, 0.25) is 0 Å². The third-order valence-corrected chi connectivity index (χ3v) is 5.91. The van der Waals surface area contributed by atoms with Crippen LogP contribution in [-0.2, 0) is 24.2 Å². The molecule has 1 aliphatic carbocycles. The van der Waals surface area contributed by atoms with E-state index in [1.54, 1.807) is 23.5 Å². The summed E-state index contributed by atoms with van der Waals surface area (Å²) in [5.41, 5.74) is 0.983. The van der Waals surface area contributed by atoms with Gasteiger partial charge in [0.05, 0.1) is 17.4 Å². The van der Waals surface area contributed by atoms with Crippen molar-refractivity contribution in [2.45, 2.75) is 32.7 Å². The van der Waals surface area contributed by atoms with Crippen molar-refractivity contribution in [3.05, 3.63) is 57.2 Å². The van der Waals surface area contributed by atoms with Crippen molar-refractivity contribution in [2.75, 3.05) is 5.32 Å². The Hall–Kier alpha value is -2.54. The first kappa shape index (κ1) is 16.9. The molecule has 0 saturated heterocycles. The highest BCUT2D eigenvalue weighted by Gasteiger charge is 2.23. The van der Waals surface area contributed by atoms with Gasteiger partial charge in [-0.05, 0) is 42.9 Å². The first-order valence-electron chi connectivity index (χ1n) is 8.57. The number of aromatic nitrogens is 2. The van der Waals surface area contributed by atoms with Gasteiger partial charge in [0.1, 0.15) is 17.2 Å². The standard InChI is InChI=1S/C19H18FN3O2S/c1-11-6-7-12-15(8-11)26-18-17(12)19(25)23(10-21-18)9-16(24)22-14-5-3-2-4-13(14)20/h2-5,10-11H,6-9H2,1H3,(H,22,24). The van der Waals surface area contributed by atoms with E-state index in [1.807, 2.05) is 0 Å². The van der Waals surface area contributed by atoms with E-state index >= 15 is 0 Å². The topological polar surface area (TPSA) is 64.0 Å². The van der Waals surface area contributed by atoms with Crippen LogP contribution in [0.5, 0.6) is 0 Å². The molecule has 1 atom stereocenters. The molecular weight excluding hydrogens is 353 g/mol. The van der Waals surface area contributed by atoms with Crippen molar-refractivity contribution < 1.29 is 9.18 Å². The van der Waals surface area contributed by atoms with E-state index < -0.39 is 11.7 Å². The summed E-state index contributed by atoms with van der Waals surface area (Å²) >= 11 is 1.58. The predicted octanol–water partition coefficient (Wildman–Crippen LogP) is 3.36. The molecular formula is C19H18FN3O2S. The van der Waals surface area contributed by atoms with Crippen LogP contribution in [0.25, 0.3) is 10.2 Å². The van der Waals surface area contributed by atoms with Crippen LogP contribution in [0.3, 0.4) is 0 Å². The molecule has 0 bridgehead atoms. The molecule has 4 rings (SSSR count). The fourth-order valence-electron chi connectivity index (χ4n) is 3.39. The third kappa shape index (κ3) is 3.03. The Morgan fingerprint density at radius 1 is 1.42 bits per heavy atom. The maximum atomic E-state index is 13.7. The highest BCUT2D eigenvalue weighted by molar-refractivity contribution is 7.18. The van der Waals surface area contributed by atoms with E-state index in [2.05, 4.69) is 17.2 Å². The van der Waals surface area contributed by atoms with Crippen LogP contribution in [0.4, 0.5) is 10.1 Å². The molecule has 134 valence electrons. The summed E-state index contributed by atoms with van der Waals surface area (Å²) in [4.78, 5) is 31.4. The van der Waals surface area contributed by atoms with Crippen LogP contribution < -0.4 is 10.9 Å². The Bertz CT molecular complexity index is 1060. The van der Waals surface area contributed by atoms with Gasteiger partial charge in [-0.1, -0.05) is 19.1 Å². The average Bonchev–Trinajstić information content (AvgIpc) is 2.97. The second-order valence-corrected chi connectivity index (χ2v) is 7.82. The van der Waals surface area contributed by atoms with Crippen LogP contribution >= 0.6 is 11.3 Å². The second-order valence-electron chi connectivity index (χ2n) is 6.74. The number of hydrogen-bond donors (Lipinski definition) is 1. The van der Waals surface area contributed by atoms with Crippen molar-refractivity contribution >= 4 is 33.1 Å². The van der Waals surface area contributed by atoms with Gasteiger partial charge in [-0.25, -0.2) is 9.37 Å². The Balaban J connectivity index is 1.63. The van der Waals surface area contributed by atoms with Gasteiger partial charge >= 0.3 is 0 Å². The van der Waals surface area contributed by atoms with Crippen molar-refractivity contribution in [1.29, 1.82) is 0 Å². The summed E-state index contributed by atoms with van der Waals surface area (Å²) in [5, 5.41) is 3.13. The Morgan fingerprint density at radius 3 is 3.04 bits per heavy atom. The van der Waals surface area contributed by atoms with E-state index in [9.17, 15) is 14.0 Å². The molecule has 0 aliphatic heterocycles. The molecule has 1 amide bonds. The summed E-state index contributed by atoms with van der Waals surface area (Å²) < 4.78 is 15.0. The minimum absolute atomic E-state index is 0.0986. The summed E-state index contributed by atoms with van der Waals surface area (Å²) in [6.45, 7) is 2.02. The first-order valence-corrected chi connectivity index (χ1v) is 9.38. The van der Waals surface area contributed by atoms with Gasteiger partial charge in [0.15, 0.2) is 0 Å². The summed E-state index contributed by atoms with van der Waals surface area (Å²) in [6, 6.07) is 5.94. The number of para-hydroxylation sites is 1. The number of carbonyl (C=O) groups excluding carboxylic acids is 1. The van der Waals surface area contributed by atoms with Crippen molar-refractivity contribution in [3.63, 3.8) is 0 Å². The summed E-state index contributed by atoms with van der Waals surface area (Å²) in [6.07, 6.45) is 4.31. The van der Waals surface area contributed by atoms with Gasteiger partial charge in [0.2, 0.25) is 5.91 Å². The van der Waals surface area contributed by atoms with Gasteiger partial charge in [-0.2, -0.15) is 0 Å². The number of fused-ring (bicyclic) bond motifs is 3. The molecule has 0 radical (unpaired) electrons. The van der Waals surface area contributed by atoms with Gasteiger partial charge in [0, 0.05) is 4.88 Å². The largest absolute Gasteiger partial charge is 0.322 e. The predicted molar refractivity (Wildman–Crippen MR) is 100 cm³/mol. The van der Waals surface area contributed by atoms with E-state index in [0.717, 1.165) is 29.7 Å². The zero-order valence-corrected chi connectivity index (χ0v) is 15.1. The van der Waals surface area contributed by atoms with Crippen molar-refractivity contribution in [2.24, 2.45) is 5.92 Å². The number of benzene rings is 1. The highest BCUT2D eigenvalue weighted by Crippen LogP contribution is 2.35. The SMILES string of the molecule is CC1CCc2c(sc3ncn(CC(=O)Nc4ccccc4F)c(=O)c23)C1. The van der Waals surface area contributed by atoms with Crippen molar-refractivity contribution in [1.82, 2.24) is 9.55 Å². The minimum Gasteiger partial charge on any atom is -0.322 e. The lowest BCUT2D eigenvalue weighted by Crippen LogP contribution is -2.28. The van der Waals surface area contributed by atoms with Gasteiger partial charge in [0.25, 0.3) is 5.56 Å². The molecule has 0 fully saturated rings. The molecule has 1 N–H and O–H groups in total. The molecule has 5 nitrogen and oxygen atoms in total. The van der Waals surface area contributed by atoms with Crippen LogP contribution in [-0.4, -0.2) is 15.5 Å². The monoisotopic (exact) mass is 371 g/mol. The van der Waals surface area contributed by atoms with Gasteiger partial charge < -0.3 is 5.32 Å². The molecule has 26 heavy (non-hydrogen) atoms. The number of amides is 1. The molecule has 2 aromatic heterocycles.